The summed E-state index contributed by atoms with van der Waals surface area (Å²) in [4.78, 5) is 14.4. The quantitative estimate of drug-likeness (QED) is 0.837. The Bertz CT molecular complexity index is 670. The van der Waals surface area contributed by atoms with E-state index in [0.29, 0.717) is 10.0 Å². The van der Waals surface area contributed by atoms with Crippen molar-refractivity contribution in [2.24, 2.45) is 0 Å². The molecule has 1 N–H and O–H groups in total. The second kappa shape index (κ2) is 6.66. The molecule has 1 amide bonds. The Morgan fingerprint density at radius 2 is 2.00 bits per heavy atom. The molecular formula is C14H20BrN3O3S. The molecule has 1 saturated heterocycles. The molecular weight excluding hydrogens is 370 g/mol. The molecule has 1 aliphatic heterocycles. The standard InChI is InChI=1S/C14H20BrN3O3S/c1-17(2)22(20,21)13-5-4-10(8-12(13)15)14(19)18(3)11-6-7-16-9-11/h4-5,8,11,16H,6-7,9H2,1-3H3. The highest BCUT2D eigenvalue weighted by atomic mass is 79.9. The zero-order valence-corrected chi connectivity index (χ0v) is 15.2. The van der Waals surface area contributed by atoms with Crippen molar-refractivity contribution in [3.8, 4) is 0 Å². The molecule has 0 bridgehead atoms. The fourth-order valence-electron chi connectivity index (χ4n) is 2.38. The van der Waals surface area contributed by atoms with Crippen LogP contribution in [-0.4, -0.2) is 63.8 Å². The molecule has 122 valence electrons. The Kier molecular flexibility index (Phi) is 5.26. The number of nitrogens with one attached hydrogen (secondary N) is 1. The van der Waals surface area contributed by atoms with E-state index >= 15 is 0 Å². The van der Waals surface area contributed by atoms with Crippen molar-refractivity contribution < 1.29 is 13.2 Å². The molecule has 22 heavy (non-hydrogen) atoms. The molecule has 0 saturated carbocycles. The van der Waals surface area contributed by atoms with E-state index in [0.717, 1.165) is 23.8 Å². The summed E-state index contributed by atoms with van der Waals surface area (Å²) in [5.41, 5.74) is 0.471. The van der Waals surface area contributed by atoms with Gasteiger partial charge in [-0.15, -0.1) is 0 Å². The van der Waals surface area contributed by atoms with Gasteiger partial charge < -0.3 is 10.2 Å². The number of benzene rings is 1. The van der Waals surface area contributed by atoms with Gasteiger partial charge in [-0.05, 0) is 47.1 Å². The third kappa shape index (κ3) is 3.34. The first-order chi connectivity index (χ1) is 10.2. The van der Waals surface area contributed by atoms with E-state index in [9.17, 15) is 13.2 Å². The van der Waals surface area contributed by atoms with Crippen molar-refractivity contribution in [2.75, 3.05) is 34.2 Å². The predicted molar refractivity (Wildman–Crippen MR) is 88.4 cm³/mol. The van der Waals surface area contributed by atoms with Gasteiger partial charge in [-0.1, -0.05) is 0 Å². The normalized spacial score (nSPS) is 18.7. The first-order valence-electron chi connectivity index (χ1n) is 6.95. The Morgan fingerprint density at radius 1 is 1.32 bits per heavy atom. The van der Waals surface area contributed by atoms with Crippen LogP contribution in [0.1, 0.15) is 16.8 Å². The monoisotopic (exact) mass is 389 g/mol. The van der Waals surface area contributed by atoms with Crippen LogP contribution < -0.4 is 5.32 Å². The minimum Gasteiger partial charge on any atom is -0.337 e. The van der Waals surface area contributed by atoms with E-state index in [4.69, 9.17) is 0 Å². The maximum atomic E-state index is 12.5. The topological polar surface area (TPSA) is 69.7 Å². The first kappa shape index (κ1) is 17.4. The summed E-state index contributed by atoms with van der Waals surface area (Å²) in [6.07, 6.45) is 0.927. The largest absolute Gasteiger partial charge is 0.337 e. The zero-order chi connectivity index (χ0) is 16.5. The number of hydrogen-bond acceptors (Lipinski definition) is 4. The molecule has 0 spiro atoms. The average Bonchev–Trinajstić information content (AvgIpc) is 2.99. The fraction of sp³-hybridized carbons (Fsp3) is 0.500. The second-order valence-electron chi connectivity index (χ2n) is 5.50. The van der Waals surface area contributed by atoms with E-state index in [1.165, 1.54) is 20.2 Å². The van der Waals surface area contributed by atoms with Gasteiger partial charge in [0.25, 0.3) is 5.91 Å². The molecule has 1 aromatic carbocycles. The van der Waals surface area contributed by atoms with Gasteiger partial charge in [-0.2, -0.15) is 0 Å². The van der Waals surface area contributed by atoms with Crippen LogP contribution in [0.25, 0.3) is 0 Å². The highest BCUT2D eigenvalue weighted by molar-refractivity contribution is 9.10. The van der Waals surface area contributed by atoms with Gasteiger partial charge in [0.05, 0.1) is 4.90 Å². The molecule has 1 unspecified atom stereocenters. The lowest BCUT2D eigenvalue weighted by molar-refractivity contribution is 0.0743. The molecule has 1 aliphatic rings. The minimum absolute atomic E-state index is 0.108. The Morgan fingerprint density at radius 3 is 2.50 bits per heavy atom. The van der Waals surface area contributed by atoms with Crippen LogP contribution >= 0.6 is 15.9 Å². The summed E-state index contributed by atoms with van der Waals surface area (Å²) in [5.74, 6) is -0.108. The van der Waals surface area contributed by atoms with Gasteiger partial charge in [0, 0.05) is 43.8 Å². The van der Waals surface area contributed by atoms with Crippen molar-refractivity contribution in [2.45, 2.75) is 17.4 Å². The Labute approximate surface area is 139 Å². The molecule has 0 aromatic heterocycles. The van der Waals surface area contributed by atoms with Crippen LogP contribution in [0.15, 0.2) is 27.6 Å². The number of rotatable bonds is 4. The van der Waals surface area contributed by atoms with Crippen LogP contribution in [0.2, 0.25) is 0 Å². The molecule has 1 fully saturated rings. The molecule has 1 heterocycles. The fourth-order valence-corrected chi connectivity index (χ4v) is 4.31. The minimum atomic E-state index is -3.53. The van der Waals surface area contributed by atoms with Crippen LogP contribution in [0, 0.1) is 0 Å². The van der Waals surface area contributed by atoms with Crippen LogP contribution in [0.5, 0.6) is 0 Å². The lowest BCUT2D eigenvalue weighted by Gasteiger charge is -2.24. The van der Waals surface area contributed by atoms with Gasteiger partial charge in [-0.25, -0.2) is 12.7 Å². The van der Waals surface area contributed by atoms with Crippen LogP contribution in [0.4, 0.5) is 0 Å². The van der Waals surface area contributed by atoms with E-state index in [1.807, 2.05) is 0 Å². The number of halogens is 1. The maximum Gasteiger partial charge on any atom is 0.253 e. The lowest BCUT2D eigenvalue weighted by atomic mass is 10.1. The Hall–Kier alpha value is -0.960. The number of likely N-dealkylation sites (N-methyl/N-ethyl adjacent to an activating group) is 1. The van der Waals surface area contributed by atoms with E-state index in [2.05, 4.69) is 21.2 Å². The van der Waals surface area contributed by atoms with Crippen molar-refractivity contribution in [1.82, 2.24) is 14.5 Å². The smallest absolute Gasteiger partial charge is 0.253 e. The second-order valence-corrected chi connectivity index (χ2v) is 8.47. The molecule has 2 rings (SSSR count). The zero-order valence-electron chi connectivity index (χ0n) is 12.8. The summed E-state index contributed by atoms with van der Waals surface area (Å²) < 4.78 is 25.9. The number of amides is 1. The number of sulfonamides is 1. The SMILES string of the molecule is CN(C(=O)c1ccc(S(=O)(=O)N(C)C)c(Br)c1)C1CCNC1. The van der Waals surface area contributed by atoms with E-state index < -0.39 is 10.0 Å². The highest BCUT2D eigenvalue weighted by Crippen LogP contribution is 2.26. The van der Waals surface area contributed by atoms with Gasteiger partial charge in [0.2, 0.25) is 10.0 Å². The summed E-state index contributed by atoms with van der Waals surface area (Å²) in [5, 5.41) is 3.22. The van der Waals surface area contributed by atoms with Gasteiger partial charge in [-0.3, -0.25) is 4.79 Å². The molecule has 8 heteroatoms. The van der Waals surface area contributed by atoms with Crippen LogP contribution in [0.3, 0.4) is 0 Å². The maximum absolute atomic E-state index is 12.5. The van der Waals surface area contributed by atoms with Crippen molar-refractivity contribution in [3.63, 3.8) is 0 Å². The summed E-state index contributed by atoms with van der Waals surface area (Å²) in [6, 6.07) is 4.77. The lowest BCUT2D eigenvalue weighted by Crippen LogP contribution is -2.38. The number of carbonyl (C=O) groups excluding carboxylic acids is 1. The molecule has 0 aliphatic carbocycles. The van der Waals surface area contributed by atoms with Gasteiger partial charge in [0.15, 0.2) is 0 Å². The third-order valence-electron chi connectivity index (χ3n) is 3.84. The van der Waals surface area contributed by atoms with Crippen molar-refractivity contribution >= 4 is 31.9 Å². The summed E-state index contributed by atoms with van der Waals surface area (Å²) in [6.45, 7) is 1.70. The predicted octanol–water partition coefficient (Wildman–Crippen LogP) is 1.13. The molecule has 1 aromatic rings. The summed E-state index contributed by atoms with van der Waals surface area (Å²) >= 11 is 3.26. The third-order valence-corrected chi connectivity index (χ3v) is 6.63. The van der Waals surface area contributed by atoms with Crippen molar-refractivity contribution in [3.05, 3.63) is 28.2 Å². The Balaban J connectivity index is 2.27. The van der Waals surface area contributed by atoms with Gasteiger partial charge in [0.1, 0.15) is 0 Å². The molecule has 6 nitrogen and oxygen atoms in total. The van der Waals surface area contributed by atoms with Gasteiger partial charge >= 0.3 is 0 Å². The average molecular weight is 390 g/mol. The number of nitrogens with zero attached hydrogens (tertiary/aromatic N) is 2. The number of carbonyl (C=O) groups is 1. The number of hydrogen-bond donors (Lipinski definition) is 1. The van der Waals surface area contributed by atoms with Crippen LogP contribution in [-0.2, 0) is 10.0 Å². The van der Waals surface area contributed by atoms with E-state index in [-0.39, 0.29) is 16.8 Å². The van der Waals surface area contributed by atoms with Crippen molar-refractivity contribution in [1.29, 1.82) is 0 Å². The first-order valence-corrected chi connectivity index (χ1v) is 9.18. The summed E-state index contributed by atoms with van der Waals surface area (Å²) in [7, 11) is 1.19. The van der Waals surface area contributed by atoms with E-state index in [1.54, 1.807) is 24.1 Å². The highest BCUT2D eigenvalue weighted by Gasteiger charge is 2.26. The molecule has 0 radical (unpaired) electrons. The molecule has 1 atom stereocenters.